The van der Waals surface area contributed by atoms with Crippen molar-refractivity contribution in [3.63, 3.8) is 0 Å². The molecule has 0 saturated carbocycles. The third-order valence-corrected chi connectivity index (χ3v) is 4.23. The van der Waals surface area contributed by atoms with E-state index in [1.54, 1.807) is 0 Å². The Kier molecular flexibility index (Phi) is 4.76. The lowest BCUT2D eigenvalue weighted by molar-refractivity contribution is 0.145. The van der Waals surface area contributed by atoms with E-state index in [1.165, 1.54) is 18.2 Å². The predicted octanol–water partition coefficient (Wildman–Crippen LogP) is 3.54. The van der Waals surface area contributed by atoms with E-state index in [0.717, 1.165) is 37.3 Å². The zero-order valence-corrected chi connectivity index (χ0v) is 12.8. The molecule has 2 aromatic rings. The summed E-state index contributed by atoms with van der Waals surface area (Å²) >= 11 is 0. The summed E-state index contributed by atoms with van der Waals surface area (Å²) in [5.41, 5.74) is 1.87. The summed E-state index contributed by atoms with van der Waals surface area (Å²) in [4.78, 5) is 2.19. The van der Waals surface area contributed by atoms with Gasteiger partial charge in [0.2, 0.25) is 0 Å². The van der Waals surface area contributed by atoms with E-state index in [9.17, 15) is 13.9 Å². The molecule has 0 aromatic heterocycles. The van der Waals surface area contributed by atoms with Crippen LogP contribution in [0.1, 0.15) is 18.4 Å². The minimum atomic E-state index is -0.545. The van der Waals surface area contributed by atoms with Crippen molar-refractivity contribution < 1.29 is 13.9 Å². The van der Waals surface area contributed by atoms with Gasteiger partial charge in [-0.25, -0.2) is 8.78 Å². The molecule has 1 aliphatic heterocycles. The number of benzene rings is 2. The second-order valence-corrected chi connectivity index (χ2v) is 5.79. The lowest BCUT2D eigenvalue weighted by atomic mass is 10.1. The molecule has 0 atom stereocenters. The van der Waals surface area contributed by atoms with Crippen molar-refractivity contribution in [3.05, 3.63) is 59.7 Å². The molecule has 1 fully saturated rings. The summed E-state index contributed by atoms with van der Waals surface area (Å²) in [7, 11) is 0. The molecule has 0 bridgehead atoms. The predicted molar refractivity (Wildman–Crippen MR) is 87.6 cm³/mol. The smallest absolute Gasteiger partial charge is 0.131 e. The van der Waals surface area contributed by atoms with Crippen molar-refractivity contribution in [2.75, 3.05) is 23.3 Å². The molecule has 0 radical (unpaired) electrons. The molecule has 23 heavy (non-hydrogen) atoms. The van der Waals surface area contributed by atoms with Crippen LogP contribution in [-0.2, 0) is 6.54 Å². The number of anilines is 2. The van der Waals surface area contributed by atoms with Crippen LogP contribution >= 0.6 is 0 Å². The number of para-hydroxylation sites is 2. The average Bonchev–Trinajstić information content (AvgIpc) is 2.56. The Morgan fingerprint density at radius 3 is 2.35 bits per heavy atom. The van der Waals surface area contributed by atoms with Crippen molar-refractivity contribution in [1.29, 1.82) is 0 Å². The van der Waals surface area contributed by atoms with Gasteiger partial charge in [-0.2, -0.15) is 0 Å². The maximum atomic E-state index is 13.7. The van der Waals surface area contributed by atoms with Crippen LogP contribution in [0.2, 0.25) is 0 Å². The number of piperidine rings is 1. The highest BCUT2D eigenvalue weighted by Crippen LogP contribution is 2.29. The Labute approximate surface area is 134 Å². The highest BCUT2D eigenvalue weighted by molar-refractivity contribution is 5.70. The number of aliphatic hydroxyl groups is 1. The summed E-state index contributed by atoms with van der Waals surface area (Å²) in [6.07, 6.45) is 1.23. The standard InChI is InChI=1S/C18H20F2N2O/c19-15-4-3-5-16(20)14(15)12-21-17-6-1-2-7-18(17)22-10-8-13(23)9-11-22/h1-7,13,21,23H,8-12H2. The lowest BCUT2D eigenvalue weighted by Crippen LogP contribution is -2.36. The molecular weight excluding hydrogens is 298 g/mol. The van der Waals surface area contributed by atoms with E-state index in [2.05, 4.69) is 10.2 Å². The molecule has 3 rings (SSSR count). The highest BCUT2D eigenvalue weighted by atomic mass is 19.1. The van der Waals surface area contributed by atoms with Gasteiger partial charge in [-0.1, -0.05) is 18.2 Å². The molecule has 1 saturated heterocycles. The number of nitrogens with zero attached hydrogens (tertiary/aromatic N) is 1. The van der Waals surface area contributed by atoms with Crippen LogP contribution in [0.15, 0.2) is 42.5 Å². The van der Waals surface area contributed by atoms with Crippen molar-refractivity contribution in [2.24, 2.45) is 0 Å². The minimum absolute atomic E-state index is 0.0383. The molecular formula is C18H20F2N2O. The van der Waals surface area contributed by atoms with E-state index < -0.39 is 11.6 Å². The van der Waals surface area contributed by atoms with E-state index in [0.29, 0.717) is 0 Å². The number of rotatable bonds is 4. The van der Waals surface area contributed by atoms with Crippen LogP contribution in [0.5, 0.6) is 0 Å². The zero-order valence-electron chi connectivity index (χ0n) is 12.8. The molecule has 3 nitrogen and oxygen atoms in total. The third kappa shape index (κ3) is 3.62. The van der Waals surface area contributed by atoms with Crippen molar-refractivity contribution in [3.8, 4) is 0 Å². The molecule has 2 aromatic carbocycles. The number of hydrogen-bond donors (Lipinski definition) is 2. The van der Waals surface area contributed by atoms with Gasteiger partial charge < -0.3 is 15.3 Å². The fourth-order valence-electron chi connectivity index (χ4n) is 2.89. The van der Waals surface area contributed by atoms with E-state index in [-0.39, 0.29) is 18.2 Å². The maximum Gasteiger partial charge on any atom is 0.131 e. The fraction of sp³-hybridized carbons (Fsp3) is 0.333. The van der Waals surface area contributed by atoms with Crippen molar-refractivity contribution in [2.45, 2.75) is 25.5 Å². The van der Waals surface area contributed by atoms with Crippen LogP contribution < -0.4 is 10.2 Å². The topological polar surface area (TPSA) is 35.5 Å². The maximum absolute atomic E-state index is 13.7. The molecule has 0 spiro atoms. The Balaban J connectivity index is 1.76. The van der Waals surface area contributed by atoms with Gasteiger partial charge in [0.05, 0.1) is 17.5 Å². The van der Waals surface area contributed by atoms with Gasteiger partial charge in [0.15, 0.2) is 0 Å². The van der Waals surface area contributed by atoms with Crippen LogP contribution in [0.4, 0.5) is 20.2 Å². The average molecular weight is 318 g/mol. The lowest BCUT2D eigenvalue weighted by Gasteiger charge is -2.33. The molecule has 122 valence electrons. The van der Waals surface area contributed by atoms with Gasteiger partial charge in [-0.3, -0.25) is 0 Å². The first-order valence-electron chi connectivity index (χ1n) is 7.84. The van der Waals surface area contributed by atoms with Crippen LogP contribution in [-0.4, -0.2) is 24.3 Å². The molecule has 5 heteroatoms. The van der Waals surface area contributed by atoms with Crippen molar-refractivity contribution >= 4 is 11.4 Å². The minimum Gasteiger partial charge on any atom is -0.393 e. The van der Waals surface area contributed by atoms with Crippen molar-refractivity contribution in [1.82, 2.24) is 0 Å². The van der Waals surface area contributed by atoms with Crippen LogP contribution in [0.25, 0.3) is 0 Å². The Morgan fingerprint density at radius 1 is 1.00 bits per heavy atom. The molecule has 1 heterocycles. The summed E-state index contributed by atoms with van der Waals surface area (Å²) in [6.45, 7) is 1.63. The second kappa shape index (κ2) is 6.96. The van der Waals surface area contributed by atoms with Gasteiger partial charge in [-0.15, -0.1) is 0 Å². The summed E-state index contributed by atoms with van der Waals surface area (Å²) in [5.74, 6) is -1.09. The van der Waals surface area contributed by atoms with Gasteiger partial charge in [0.25, 0.3) is 0 Å². The molecule has 0 aliphatic carbocycles. The highest BCUT2D eigenvalue weighted by Gasteiger charge is 2.19. The van der Waals surface area contributed by atoms with Gasteiger partial charge in [0, 0.05) is 25.2 Å². The zero-order chi connectivity index (χ0) is 16.2. The normalized spacial score (nSPS) is 15.7. The van der Waals surface area contributed by atoms with E-state index >= 15 is 0 Å². The van der Waals surface area contributed by atoms with Gasteiger partial charge in [-0.05, 0) is 37.1 Å². The quantitative estimate of drug-likeness (QED) is 0.905. The number of hydrogen-bond acceptors (Lipinski definition) is 3. The summed E-state index contributed by atoms with van der Waals surface area (Å²) < 4.78 is 27.5. The third-order valence-electron chi connectivity index (χ3n) is 4.23. The van der Waals surface area contributed by atoms with E-state index in [4.69, 9.17) is 0 Å². The molecule has 1 aliphatic rings. The fourth-order valence-corrected chi connectivity index (χ4v) is 2.89. The largest absolute Gasteiger partial charge is 0.393 e. The first-order chi connectivity index (χ1) is 11.1. The summed E-state index contributed by atoms with van der Waals surface area (Å²) in [6, 6.07) is 11.6. The molecule has 2 N–H and O–H groups in total. The molecule has 0 amide bonds. The number of aliphatic hydroxyl groups excluding tert-OH is 1. The van der Waals surface area contributed by atoms with Gasteiger partial charge >= 0.3 is 0 Å². The Bertz CT molecular complexity index is 650. The van der Waals surface area contributed by atoms with Gasteiger partial charge in [0.1, 0.15) is 11.6 Å². The first kappa shape index (κ1) is 15.7. The number of nitrogens with one attached hydrogen (secondary N) is 1. The first-order valence-corrected chi connectivity index (χ1v) is 7.84. The Morgan fingerprint density at radius 2 is 1.65 bits per heavy atom. The van der Waals surface area contributed by atoms with Crippen LogP contribution in [0.3, 0.4) is 0 Å². The number of halogens is 2. The summed E-state index contributed by atoms with van der Waals surface area (Å²) in [5, 5.41) is 12.8. The van der Waals surface area contributed by atoms with Crippen LogP contribution in [0, 0.1) is 11.6 Å². The SMILES string of the molecule is OC1CCN(c2ccccc2NCc2c(F)cccc2F)CC1. The monoisotopic (exact) mass is 318 g/mol. The molecule has 0 unspecified atom stereocenters. The second-order valence-electron chi connectivity index (χ2n) is 5.79. The van der Waals surface area contributed by atoms with E-state index in [1.807, 2.05) is 24.3 Å². The Hall–Kier alpha value is -2.14.